The number of rotatable bonds is 2. The van der Waals surface area contributed by atoms with Gasteiger partial charge < -0.3 is 5.11 Å². The Morgan fingerprint density at radius 3 is 2.38 bits per heavy atom. The van der Waals surface area contributed by atoms with Gasteiger partial charge in [0, 0.05) is 10.9 Å². The number of halogens is 1. The topological polar surface area (TPSA) is 20.2 Å². The van der Waals surface area contributed by atoms with Crippen LogP contribution in [0.15, 0.2) is 24.3 Å². The summed E-state index contributed by atoms with van der Waals surface area (Å²) in [5, 5.41) is 10.4. The minimum absolute atomic E-state index is 0.179. The van der Waals surface area contributed by atoms with E-state index in [0.29, 0.717) is 5.02 Å². The predicted molar refractivity (Wildman–Crippen MR) is 54.4 cm³/mol. The van der Waals surface area contributed by atoms with Gasteiger partial charge in [-0.25, -0.2) is 0 Å². The van der Waals surface area contributed by atoms with Gasteiger partial charge in [-0.15, -0.1) is 12.3 Å². The van der Waals surface area contributed by atoms with Crippen LogP contribution in [-0.4, -0.2) is 5.11 Å². The molecule has 1 N–H and O–H groups in total. The molecule has 68 valence electrons. The van der Waals surface area contributed by atoms with Gasteiger partial charge >= 0.3 is 0 Å². The Morgan fingerprint density at radius 2 is 1.92 bits per heavy atom. The number of aliphatic hydroxyl groups is 1. The normalized spacial score (nSPS) is 14.6. The van der Waals surface area contributed by atoms with Crippen LogP contribution in [0.25, 0.3) is 0 Å². The molecule has 0 saturated heterocycles. The lowest BCUT2D eigenvalue weighted by Gasteiger charge is -2.13. The molecule has 1 aromatic rings. The fraction of sp³-hybridized carbons (Fsp3) is 0.273. The van der Waals surface area contributed by atoms with Gasteiger partial charge in [0.15, 0.2) is 0 Å². The number of terminal acetylenes is 1. The second kappa shape index (κ2) is 4.32. The zero-order chi connectivity index (χ0) is 9.84. The number of hydrogen-bond acceptors (Lipinski definition) is 1. The average molecular weight is 195 g/mol. The van der Waals surface area contributed by atoms with E-state index in [-0.39, 0.29) is 5.92 Å². The van der Waals surface area contributed by atoms with Crippen molar-refractivity contribution in [1.29, 1.82) is 0 Å². The third-order valence-electron chi connectivity index (χ3n) is 1.95. The fourth-order valence-corrected chi connectivity index (χ4v) is 1.17. The maximum atomic E-state index is 9.69. The molecular formula is C11H11ClO. The molecule has 0 aromatic heterocycles. The zero-order valence-corrected chi connectivity index (χ0v) is 8.12. The van der Waals surface area contributed by atoms with E-state index in [1.165, 1.54) is 0 Å². The number of hydrogen-bond donors (Lipinski definition) is 1. The summed E-state index contributed by atoms with van der Waals surface area (Å²) in [5.41, 5.74) is 0.801. The molecule has 0 aliphatic carbocycles. The molecule has 0 heterocycles. The molecule has 0 aliphatic heterocycles. The quantitative estimate of drug-likeness (QED) is 0.718. The summed E-state index contributed by atoms with van der Waals surface area (Å²) in [6, 6.07) is 7.04. The highest BCUT2D eigenvalue weighted by atomic mass is 35.5. The van der Waals surface area contributed by atoms with Gasteiger partial charge in [-0.1, -0.05) is 23.7 Å². The Labute approximate surface area is 83.4 Å². The van der Waals surface area contributed by atoms with Crippen molar-refractivity contribution in [2.24, 2.45) is 5.92 Å². The number of benzene rings is 1. The van der Waals surface area contributed by atoms with Crippen molar-refractivity contribution in [1.82, 2.24) is 0 Å². The maximum Gasteiger partial charge on any atom is 0.0924 e. The highest BCUT2D eigenvalue weighted by Crippen LogP contribution is 2.22. The SMILES string of the molecule is C#C[C@H](C)[C@@H](O)c1ccc(Cl)cc1. The van der Waals surface area contributed by atoms with Crippen LogP contribution in [0.1, 0.15) is 18.6 Å². The molecule has 2 heteroatoms. The van der Waals surface area contributed by atoms with Gasteiger partial charge in [0.25, 0.3) is 0 Å². The average Bonchev–Trinajstić information content (AvgIpc) is 2.17. The third-order valence-corrected chi connectivity index (χ3v) is 2.20. The lowest BCUT2D eigenvalue weighted by molar-refractivity contribution is 0.144. The van der Waals surface area contributed by atoms with Crippen LogP contribution in [0.2, 0.25) is 5.02 Å². The van der Waals surface area contributed by atoms with Crippen molar-refractivity contribution < 1.29 is 5.11 Å². The van der Waals surface area contributed by atoms with Crippen LogP contribution < -0.4 is 0 Å². The van der Waals surface area contributed by atoms with Gasteiger partial charge in [0.1, 0.15) is 0 Å². The molecule has 0 bridgehead atoms. The summed E-state index contributed by atoms with van der Waals surface area (Å²) in [4.78, 5) is 0. The Bertz CT molecular complexity index is 310. The van der Waals surface area contributed by atoms with Crippen molar-refractivity contribution in [3.63, 3.8) is 0 Å². The highest BCUT2D eigenvalue weighted by Gasteiger charge is 2.13. The molecule has 0 radical (unpaired) electrons. The van der Waals surface area contributed by atoms with Crippen molar-refractivity contribution in [2.45, 2.75) is 13.0 Å². The molecule has 0 aliphatic rings. The fourth-order valence-electron chi connectivity index (χ4n) is 1.04. The Balaban J connectivity index is 2.84. The molecule has 1 aromatic carbocycles. The van der Waals surface area contributed by atoms with Gasteiger partial charge in [-0.2, -0.15) is 0 Å². The summed E-state index contributed by atoms with van der Waals surface area (Å²) in [7, 11) is 0. The van der Waals surface area contributed by atoms with E-state index in [9.17, 15) is 5.11 Å². The van der Waals surface area contributed by atoms with Crippen LogP contribution >= 0.6 is 11.6 Å². The maximum absolute atomic E-state index is 9.69. The van der Waals surface area contributed by atoms with Crippen molar-refractivity contribution in [3.05, 3.63) is 34.9 Å². The first-order chi connectivity index (χ1) is 6.15. The minimum Gasteiger partial charge on any atom is -0.387 e. The van der Waals surface area contributed by atoms with Crippen molar-refractivity contribution in [3.8, 4) is 12.3 Å². The Morgan fingerprint density at radius 1 is 1.38 bits per heavy atom. The second-order valence-corrected chi connectivity index (χ2v) is 3.39. The first-order valence-corrected chi connectivity index (χ1v) is 4.42. The molecule has 1 nitrogen and oxygen atoms in total. The van der Waals surface area contributed by atoms with Crippen LogP contribution in [0.5, 0.6) is 0 Å². The summed E-state index contributed by atoms with van der Waals surface area (Å²) in [6.45, 7) is 1.80. The predicted octanol–water partition coefficient (Wildman–Crippen LogP) is 2.64. The second-order valence-electron chi connectivity index (χ2n) is 2.95. The monoisotopic (exact) mass is 194 g/mol. The van der Waals surface area contributed by atoms with E-state index in [1.54, 1.807) is 31.2 Å². The van der Waals surface area contributed by atoms with Crippen LogP contribution in [0.4, 0.5) is 0 Å². The largest absolute Gasteiger partial charge is 0.387 e. The molecule has 1 rings (SSSR count). The van der Waals surface area contributed by atoms with Crippen LogP contribution in [-0.2, 0) is 0 Å². The lowest BCUT2D eigenvalue weighted by atomic mass is 9.98. The van der Waals surface area contributed by atoms with E-state index in [1.807, 2.05) is 0 Å². The van der Waals surface area contributed by atoms with Gasteiger partial charge in [0.2, 0.25) is 0 Å². The Kier molecular flexibility index (Phi) is 3.36. The van der Waals surface area contributed by atoms with Crippen LogP contribution in [0, 0.1) is 18.3 Å². The summed E-state index contributed by atoms with van der Waals surface area (Å²) < 4.78 is 0. The smallest absolute Gasteiger partial charge is 0.0924 e. The van der Waals surface area contributed by atoms with Gasteiger partial charge in [-0.05, 0) is 24.6 Å². The van der Waals surface area contributed by atoms with E-state index < -0.39 is 6.10 Å². The molecule has 0 unspecified atom stereocenters. The lowest BCUT2D eigenvalue weighted by Crippen LogP contribution is -2.06. The van der Waals surface area contributed by atoms with Crippen LogP contribution in [0.3, 0.4) is 0 Å². The first-order valence-electron chi connectivity index (χ1n) is 4.05. The molecular weight excluding hydrogens is 184 g/mol. The number of aliphatic hydroxyl groups excluding tert-OH is 1. The van der Waals surface area contributed by atoms with Crippen molar-refractivity contribution in [2.75, 3.05) is 0 Å². The molecule has 0 spiro atoms. The van der Waals surface area contributed by atoms with Crippen molar-refractivity contribution >= 4 is 11.6 Å². The van der Waals surface area contributed by atoms with Gasteiger partial charge in [0.05, 0.1) is 6.10 Å². The molecule has 0 amide bonds. The summed E-state index contributed by atoms with van der Waals surface area (Å²) in [6.07, 6.45) is 4.60. The highest BCUT2D eigenvalue weighted by molar-refractivity contribution is 6.30. The summed E-state index contributed by atoms with van der Waals surface area (Å²) in [5.74, 6) is 2.32. The standard InChI is InChI=1S/C11H11ClO/c1-3-8(2)11(13)9-4-6-10(12)7-5-9/h1,4-8,11,13H,2H3/t8-,11+/m0/s1. The van der Waals surface area contributed by atoms with E-state index in [4.69, 9.17) is 18.0 Å². The third kappa shape index (κ3) is 2.48. The summed E-state index contributed by atoms with van der Waals surface area (Å²) >= 11 is 5.71. The molecule has 13 heavy (non-hydrogen) atoms. The van der Waals surface area contributed by atoms with Gasteiger partial charge in [-0.3, -0.25) is 0 Å². The zero-order valence-electron chi connectivity index (χ0n) is 7.37. The van der Waals surface area contributed by atoms with E-state index >= 15 is 0 Å². The van der Waals surface area contributed by atoms with E-state index in [0.717, 1.165) is 5.56 Å². The molecule has 0 fully saturated rings. The minimum atomic E-state index is -0.609. The molecule has 0 saturated carbocycles. The first kappa shape index (κ1) is 10.1. The van der Waals surface area contributed by atoms with E-state index in [2.05, 4.69) is 5.92 Å². The molecule has 2 atom stereocenters. The Hall–Kier alpha value is -0.970.